The zero-order valence-corrected chi connectivity index (χ0v) is 14.0. The van der Waals surface area contributed by atoms with Gasteiger partial charge in [0.15, 0.2) is 0 Å². The normalized spacial score (nSPS) is 29.8. The minimum absolute atomic E-state index is 0. The highest BCUT2D eigenvalue weighted by atomic mass is 16.3. The summed E-state index contributed by atoms with van der Waals surface area (Å²) in [5, 5.41) is 8.93. The zero-order valence-electron chi connectivity index (χ0n) is 14.0. The molecule has 0 aromatic rings. The number of hydrogen-bond donors (Lipinski definition) is 1. The van der Waals surface area contributed by atoms with Gasteiger partial charge in [-0.15, -0.1) is 0 Å². The van der Waals surface area contributed by atoms with E-state index in [4.69, 9.17) is 5.11 Å². The van der Waals surface area contributed by atoms with Crippen LogP contribution in [0, 0.1) is 10.8 Å². The van der Waals surface area contributed by atoms with Crippen LogP contribution in [0.5, 0.6) is 0 Å². The lowest BCUT2D eigenvalue weighted by atomic mass is 9.91. The van der Waals surface area contributed by atoms with Crippen LogP contribution < -0.4 is 0 Å². The van der Waals surface area contributed by atoms with Crippen LogP contribution in [0.25, 0.3) is 0 Å². The third kappa shape index (κ3) is 6.76. The highest BCUT2D eigenvalue weighted by Gasteiger charge is 2.35. The lowest BCUT2D eigenvalue weighted by Crippen LogP contribution is -2.28. The summed E-state index contributed by atoms with van der Waals surface area (Å²) in [5.41, 5.74) is 0.739. The number of aldehydes is 1. The van der Waals surface area contributed by atoms with Gasteiger partial charge in [0, 0.05) is 19.1 Å². The molecule has 0 bridgehead atoms. The molecule has 1 N–H and O–H groups in total. The quantitative estimate of drug-likeness (QED) is 0.796. The number of aliphatic hydroxyl groups is 1. The van der Waals surface area contributed by atoms with E-state index in [9.17, 15) is 4.79 Å². The van der Waals surface area contributed by atoms with Crippen LogP contribution in [-0.4, -0.2) is 67.1 Å². The van der Waals surface area contributed by atoms with E-state index in [1.807, 2.05) is 7.05 Å². The first kappa shape index (κ1) is 23.8. The van der Waals surface area contributed by atoms with Crippen LogP contribution in [-0.2, 0) is 4.79 Å². The van der Waals surface area contributed by atoms with E-state index >= 15 is 0 Å². The minimum atomic E-state index is 0. The third-order valence-electron chi connectivity index (χ3n) is 4.46. The molecular formula is C18H40N2O2. The van der Waals surface area contributed by atoms with E-state index in [0.717, 1.165) is 32.2 Å². The lowest BCUT2D eigenvalue weighted by Gasteiger charge is -2.16. The van der Waals surface area contributed by atoms with Crippen molar-refractivity contribution >= 4 is 6.29 Å². The first-order valence-electron chi connectivity index (χ1n) is 7.57. The molecule has 2 rings (SSSR count). The van der Waals surface area contributed by atoms with E-state index in [-0.39, 0.29) is 20.9 Å². The molecule has 2 aliphatic rings. The molecule has 0 aromatic carbocycles. The SMILES string of the molecule is C.C.CN1CC(C)(C)C[C@H]1C=O.CN1CC(C)(C)C[C@H]1CO. The summed E-state index contributed by atoms with van der Waals surface area (Å²) in [4.78, 5) is 14.8. The Balaban J connectivity index is 0. The van der Waals surface area contributed by atoms with E-state index in [1.165, 1.54) is 0 Å². The van der Waals surface area contributed by atoms with Crippen LogP contribution in [0.1, 0.15) is 55.4 Å². The summed E-state index contributed by atoms with van der Waals surface area (Å²) in [5.74, 6) is 0. The molecule has 22 heavy (non-hydrogen) atoms. The van der Waals surface area contributed by atoms with Gasteiger partial charge < -0.3 is 14.8 Å². The van der Waals surface area contributed by atoms with Gasteiger partial charge in [0.1, 0.15) is 6.29 Å². The Bertz CT molecular complexity index is 329. The number of likely N-dealkylation sites (N-methyl/N-ethyl adjacent to an activating group) is 2. The molecule has 4 nitrogen and oxygen atoms in total. The van der Waals surface area contributed by atoms with Crippen LogP contribution >= 0.6 is 0 Å². The second kappa shape index (κ2) is 8.99. The van der Waals surface area contributed by atoms with Crippen LogP contribution in [0.15, 0.2) is 0 Å². The summed E-state index contributed by atoms with van der Waals surface area (Å²) in [6.45, 7) is 11.4. The van der Waals surface area contributed by atoms with Crippen molar-refractivity contribution in [3.8, 4) is 0 Å². The number of nitrogens with zero attached hydrogens (tertiary/aromatic N) is 2. The van der Waals surface area contributed by atoms with Crippen LogP contribution in [0.2, 0.25) is 0 Å². The Morgan fingerprint density at radius 1 is 1.00 bits per heavy atom. The molecule has 2 heterocycles. The standard InChI is InChI=1S/C8H17NO.C8H15NO.2CH4/c2*1-8(2)4-7(5-10)9(3)6-8;;/h7,10H,4-6H2,1-3H3;5,7H,4,6H2,1-3H3;2*1H4/t2*7-;;/m00../s1. The van der Waals surface area contributed by atoms with E-state index in [1.54, 1.807) is 0 Å². The highest BCUT2D eigenvalue weighted by Crippen LogP contribution is 2.32. The molecular weight excluding hydrogens is 276 g/mol. The molecule has 0 aromatic heterocycles. The highest BCUT2D eigenvalue weighted by molar-refractivity contribution is 5.58. The number of carbonyl (C=O) groups is 1. The number of likely N-dealkylation sites (tertiary alicyclic amines) is 2. The summed E-state index contributed by atoms with van der Waals surface area (Å²) >= 11 is 0. The summed E-state index contributed by atoms with van der Waals surface area (Å²) in [6.07, 6.45) is 3.18. The molecule has 2 aliphatic heterocycles. The van der Waals surface area contributed by atoms with E-state index in [2.05, 4.69) is 44.5 Å². The predicted octanol–water partition coefficient (Wildman–Crippen LogP) is 2.90. The Morgan fingerprint density at radius 3 is 1.64 bits per heavy atom. The molecule has 0 saturated carbocycles. The second-order valence-corrected chi connectivity index (χ2v) is 8.11. The Kier molecular flexibility index (Phi) is 9.74. The fraction of sp³-hybridized carbons (Fsp3) is 0.944. The fourth-order valence-corrected chi connectivity index (χ4v) is 3.60. The van der Waals surface area contributed by atoms with Crippen molar-refractivity contribution in [2.24, 2.45) is 10.8 Å². The minimum Gasteiger partial charge on any atom is -0.395 e. The third-order valence-corrected chi connectivity index (χ3v) is 4.46. The van der Waals surface area contributed by atoms with E-state index < -0.39 is 0 Å². The number of hydrogen-bond acceptors (Lipinski definition) is 4. The molecule has 2 fully saturated rings. The topological polar surface area (TPSA) is 43.8 Å². The lowest BCUT2D eigenvalue weighted by molar-refractivity contribution is -0.111. The van der Waals surface area contributed by atoms with Crippen molar-refractivity contribution < 1.29 is 9.90 Å². The number of aliphatic hydroxyl groups excluding tert-OH is 1. The van der Waals surface area contributed by atoms with Gasteiger partial charge in [-0.25, -0.2) is 0 Å². The average Bonchev–Trinajstić information content (AvgIpc) is 2.73. The van der Waals surface area contributed by atoms with Crippen molar-refractivity contribution in [2.45, 2.75) is 67.5 Å². The van der Waals surface area contributed by atoms with Gasteiger partial charge in [-0.1, -0.05) is 42.5 Å². The van der Waals surface area contributed by atoms with Crippen molar-refractivity contribution in [3.05, 3.63) is 0 Å². The van der Waals surface area contributed by atoms with Gasteiger partial charge in [0.2, 0.25) is 0 Å². The number of rotatable bonds is 2. The molecule has 4 heteroatoms. The molecule has 2 atom stereocenters. The maximum atomic E-state index is 10.5. The first-order chi connectivity index (χ1) is 9.10. The van der Waals surface area contributed by atoms with Gasteiger partial charge in [-0.3, -0.25) is 4.90 Å². The maximum absolute atomic E-state index is 10.5. The molecule has 0 amide bonds. The second-order valence-electron chi connectivity index (χ2n) is 8.11. The molecule has 2 saturated heterocycles. The van der Waals surface area contributed by atoms with Gasteiger partial charge in [0.05, 0.1) is 12.6 Å². The van der Waals surface area contributed by atoms with Crippen molar-refractivity contribution in [1.82, 2.24) is 9.80 Å². The monoisotopic (exact) mass is 316 g/mol. The maximum Gasteiger partial charge on any atom is 0.137 e. The van der Waals surface area contributed by atoms with E-state index in [0.29, 0.717) is 23.5 Å². The largest absolute Gasteiger partial charge is 0.395 e. The summed E-state index contributed by atoms with van der Waals surface area (Å²) < 4.78 is 0. The van der Waals surface area contributed by atoms with Crippen LogP contribution in [0.4, 0.5) is 0 Å². The Hall–Kier alpha value is -0.450. The summed E-state index contributed by atoms with van der Waals surface area (Å²) in [7, 11) is 4.09. The zero-order chi connectivity index (χ0) is 15.6. The predicted molar refractivity (Wildman–Crippen MR) is 96.2 cm³/mol. The first-order valence-corrected chi connectivity index (χ1v) is 7.57. The Morgan fingerprint density at radius 2 is 1.45 bits per heavy atom. The van der Waals surface area contributed by atoms with Gasteiger partial charge in [0.25, 0.3) is 0 Å². The summed E-state index contributed by atoms with van der Waals surface area (Å²) in [6, 6.07) is 0.560. The number of carbonyl (C=O) groups excluding carboxylic acids is 1. The van der Waals surface area contributed by atoms with Crippen LogP contribution in [0.3, 0.4) is 0 Å². The molecule has 0 spiro atoms. The van der Waals surface area contributed by atoms with Gasteiger partial charge in [-0.2, -0.15) is 0 Å². The average molecular weight is 317 g/mol. The van der Waals surface area contributed by atoms with Gasteiger partial charge in [-0.05, 0) is 37.8 Å². The fourth-order valence-electron chi connectivity index (χ4n) is 3.60. The van der Waals surface area contributed by atoms with Gasteiger partial charge >= 0.3 is 0 Å². The van der Waals surface area contributed by atoms with Crippen molar-refractivity contribution in [3.63, 3.8) is 0 Å². The molecule has 0 aliphatic carbocycles. The molecule has 0 radical (unpaired) electrons. The Labute approximate surface area is 138 Å². The van der Waals surface area contributed by atoms with Crippen molar-refractivity contribution in [2.75, 3.05) is 33.8 Å². The molecule has 134 valence electrons. The molecule has 0 unspecified atom stereocenters. The van der Waals surface area contributed by atoms with Crippen molar-refractivity contribution in [1.29, 1.82) is 0 Å². The smallest absolute Gasteiger partial charge is 0.137 e.